The number of hydrogen-bond acceptors (Lipinski definition) is 2. The quantitative estimate of drug-likeness (QED) is 0.667. The average molecular weight is 323 g/mol. The molecule has 0 aliphatic carbocycles. The Labute approximate surface area is 133 Å². The van der Waals surface area contributed by atoms with Crippen molar-refractivity contribution in [3.05, 3.63) is 47.5 Å². The number of rotatable bonds is 5. The molecule has 2 aromatic heterocycles. The van der Waals surface area contributed by atoms with Crippen molar-refractivity contribution in [1.82, 2.24) is 19.3 Å². The van der Waals surface area contributed by atoms with E-state index >= 15 is 0 Å². The summed E-state index contributed by atoms with van der Waals surface area (Å²) in [6.45, 7) is 2.93. The number of hydrogen-bond donors (Lipinski definition) is 0. The number of para-hydroxylation sites is 1. The normalized spacial score (nSPS) is 12.9. The Balaban J connectivity index is 2.06. The van der Waals surface area contributed by atoms with Crippen LogP contribution in [0.25, 0.3) is 11.0 Å². The standard InChI is InChI=1S/C15H16Cl2N4/c1-11(10-20-9-3-8-18-20)21-13-5-2-4-12(17)15(13)19-14(21)6-7-16/h2-5,8-9,11H,6-7,10H2,1H3. The summed E-state index contributed by atoms with van der Waals surface area (Å²) in [5, 5.41) is 4.94. The highest BCUT2D eigenvalue weighted by molar-refractivity contribution is 6.34. The van der Waals surface area contributed by atoms with Gasteiger partial charge in [0, 0.05) is 24.7 Å². The van der Waals surface area contributed by atoms with Crippen LogP contribution in [0.15, 0.2) is 36.7 Å². The molecule has 1 unspecified atom stereocenters. The van der Waals surface area contributed by atoms with Crippen LogP contribution in [0.2, 0.25) is 5.02 Å². The summed E-state index contributed by atoms with van der Waals surface area (Å²) in [5.41, 5.74) is 1.88. The molecule has 0 radical (unpaired) electrons. The fraction of sp³-hybridized carbons (Fsp3) is 0.333. The van der Waals surface area contributed by atoms with Crippen LogP contribution in [0.1, 0.15) is 18.8 Å². The number of benzene rings is 1. The lowest BCUT2D eigenvalue weighted by Gasteiger charge is -2.17. The molecular weight excluding hydrogens is 307 g/mol. The Hall–Kier alpha value is -1.52. The molecule has 0 fully saturated rings. The molecule has 0 aliphatic rings. The van der Waals surface area contributed by atoms with Crippen molar-refractivity contribution < 1.29 is 0 Å². The van der Waals surface area contributed by atoms with E-state index in [1.54, 1.807) is 6.20 Å². The van der Waals surface area contributed by atoms with Gasteiger partial charge in [0.05, 0.1) is 23.1 Å². The highest BCUT2D eigenvalue weighted by atomic mass is 35.5. The maximum Gasteiger partial charge on any atom is 0.111 e. The lowest BCUT2D eigenvalue weighted by Crippen LogP contribution is -2.16. The molecule has 4 nitrogen and oxygen atoms in total. The number of alkyl halides is 1. The van der Waals surface area contributed by atoms with Crippen LogP contribution < -0.4 is 0 Å². The van der Waals surface area contributed by atoms with Crippen molar-refractivity contribution in [3.8, 4) is 0 Å². The second-order valence-corrected chi connectivity index (χ2v) is 5.81. The predicted molar refractivity (Wildman–Crippen MR) is 86.1 cm³/mol. The molecule has 0 amide bonds. The largest absolute Gasteiger partial charge is 0.323 e. The van der Waals surface area contributed by atoms with Crippen molar-refractivity contribution in [1.29, 1.82) is 0 Å². The van der Waals surface area contributed by atoms with E-state index in [0.29, 0.717) is 10.9 Å². The molecule has 6 heteroatoms. The van der Waals surface area contributed by atoms with E-state index in [0.717, 1.165) is 29.8 Å². The molecule has 1 aromatic carbocycles. The first-order chi connectivity index (χ1) is 10.2. The lowest BCUT2D eigenvalue weighted by molar-refractivity contribution is 0.435. The fourth-order valence-electron chi connectivity index (χ4n) is 2.64. The predicted octanol–water partition coefficient (Wildman–Crippen LogP) is 3.93. The summed E-state index contributed by atoms with van der Waals surface area (Å²) in [6.07, 6.45) is 4.47. The van der Waals surface area contributed by atoms with E-state index in [2.05, 4.69) is 21.6 Å². The number of aryl methyl sites for hydroxylation is 1. The van der Waals surface area contributed by atoms with Crippen molar-refractivity contribution in [3.63, 3.8) is 0 Å². The topological polar surface area (TPSA) is 35.6 Å². The van der Waals surface area contributed by atoms with Gasteiger partial charge in [-0.15, -0.1) is 11.6 Å². The van der Waals surface area contributed by atoms with E-state index in [4.69, 9.17) is 23.2 Å². The smallest absolute Gasteiger partial charge is 0.111 e. The minimum absolute atomic E-state index is 0.214. The minimum Gasteiger partial charge on any atom is -0.323 e. The summed E-state index contributed by atoms with van der Waals surface area (Å²) in [7, 11) is 0. The summed E-state index contributed by atoms with van der Waals surface area (Å²) in [4.78, 5) is 4.67. The molecule has 1 atom stereocenters. The fourth-order valence-corrected chi connectivity index (χ4v) is 3.03. The highest BCUT2D eigenvalue weighted by Crippen LogP contribution is 2.27. The summed E-state index contributed by atoms with van der Waals surface area (Å²) in [5.74, 6) is 1.50. The van der Waals surface area contributed by atoms with Gasteiger partial charge in [0.15, 0.2) is 0 Å². The third-order valence-corrected chi connectivity index (χ3v) is 4.01. The van der Waals surface area contributed by atoms with Crippen molar-refractivity contribution in [2.75, 3.05) is 5.88 Å². The van der Waals surface area contributed by atoms with Crippen LogP contribution in [0.3, 0.4) is 0 Å². The average Bonchev–Trinajstić information content (AvgIpc) is 3.07. The van der Waals surface area contributed by atoms with Gasteiger partial charge < -0.3 is 4.57 Å². The minimum atomic E-state index is 0.214. The molecule has 0 N–H and O–H groups in total. The van der Waals surface area contributed by atoms with Gasteiger partial charge in [0.25, 0.3) is 0 Å². The molecule has 0 aliphatic heterocycles. The van der Waals surface area contributed by atoms with Crippen molar-refractivity contribution in [2.24, 2.45) is 0 Å². The number of fused-ring (bicyclic) bond motifs is 1. The Kier molecular flexibility index (Phi) is 4.17. The van der Waals surface area contributed by atoms with Crippen LogP contribution in [-0.4, -0.2) is 25.2 Å². The van der Waals surface area contributed by atoms with Crippen LogP contribution >= 0.6 is 23.2 Å². The summed E-state index contributed by atoms with van der Waals surface area (Å²) >= 11 is 12.2. The van der Waals surface area contributed by atoms with Gasteiger partial charge in [0.2, 0.25) is 0 Å². The molecule has 0 spiro atoms. The van der Waals surface area contributed by atoms with Crippen molar-refractivity contribution in [2.45, 2.75) is 25.9 Å². The molecule has 110 valence electrons. The molecule has 3 aromatic rings. The van der Waals surface area contributed by atoms with Crippen LogP contribution in [0, 0.1) is 0 Å². The maximum absolute atomic E-state index is 6.26. The number of halogens is 2. The highest BCUT2D eigenvalue weighted by Gasteiger charge is 2.17. The monoisotopic (exact) mass is 322 g/mol. The molecule has 2 heterocycles. The van der Waals surface area contributed by atoms with E-state index in [1.807, 2.05) is 35.1 Å². The first-order valence-corrected chi connectivity index (χ1v) is 7.80. The molecular formula is C15H16Cl2N4. The van der Waals surface area contributed by atoms with E-state index in [-0.39, 0.29) is 6.04 Å². The number of imidazole rings is 1. The molecule has 0 saturated heterocycles. The van der Waals surface area contributed by atoms with Crippen LogP contribution in [0.5, 0.6) is 0 Å². The zero-order valence-electron chi connectivity index (χ0n) is 11.7. The summed E-state index contributed by atoms with van der Waals surface area (Å²) < 4.78 is 4.14. The zero-order valence-corrected chi connectivity index (χ0v) is 13.2. The second-order valence-electron chi connectivity index (χ2n) is 5.02. The van der Waals surface area contributed by atoms with Gasteiger partial charge in [0.1, 0.15) is 11.3 Å². The van der Waals surface area contributed by atoms with E-state index in [1.165, 1.54) is 0 Å². The summed E-state index contributed by atoms with van der Waals surface area (Å²) in [6, 6.07) is 8.00. The van der Waals surface area contributed by atoms with Gasteiger partial charge >= 0.3 is 0 Å². The van der Waals surface area contributed by atoms with Gasteiger partial charge in [-0.2, -0.15) is 5.10 Å². The Morgan fingerprint density at radius 2 is 2.14 bits per heavy atom. The molecule has 0 bridgehead atoms. The SMILES string of the molecule is CC(Cn1cccn1)n1c(CCCl)nc2c(Cl)cccc21. The molecule has 21 heavy (non-hydrogen) atoms. The Bertz CT molecular complexity index is 734. The van der Waals surface area contributed by atoms with Crippen molar-refractivity contribution >= 4 is 34.2 Å². The van der Waals surface area contributed by atoms with Crippen LogP contribution in [-0.2, 0) is 13.0 Å². The molecule has 0 saturated carbocycles. The van der Waals surface area contributed by atoms with Gasteiger partial charge in [-0.05, 0) is 25.1 Å². The van der Waals surface area contributed by atoms with E-state index in [9.17, 15) is 0 Å². The van der Waals surface area contributed by atoms with Gasteiger partial charge in [-0.1, -0.05) is 17.7 Å². The number of aromatic nitrogens is 4. The third kappa shape index (κ3) is 2.78. The second kappa shape index (κ2) is 6.08. The Morgan fingerprint density at radius 3 is 2.86 bits per heavy atom. The van der Waals surface area contributed by atoms with Crippen LogP contribution in [0.4, 0.5) is 0 Å². The lowest BCUT2D eigenvalue weighted by atomic mass is 10.2. The zero-order chi connectivity index (χ0) is 14.8. The van der Waals surface area contributed by atoms with Gasteiger partial charge in [-0.3, -0.25) is 4.68 Å². The first kappa shape index (κ1) is 14.4. The third-order valence-electron chi connectivity index (χ3n) is 3.51. The first-order valence-electron chi connectivity index (χ1n) is 6.89. The molecule has 3 rings (SSSR count). The maximum atomic E-state index is 6.26. The Morgan fingerprint density at radius 1 is 1.29 bits per heavy atom. The number of nitrogens with zero attached hydrogens (tertiary/aromatic N) is 4. The van der Waals surface area contributed by atoms with E-state index < -0.39 is 0 Å². The van der Waals surface area contributed by atoms with Gasteiger partial charge in [-0.25, -0.2) is 4.98 Å².